The molecule has 4 N–H and O–H groups in total. The molecule has 6 rings (SSSR count). The zero-order valence-corrected chi connectivity index (χ0v) is 24.1. The van der Waals surface area contributed by atoms with E-state index in [1.54, 1.807) is 0 Å². The second-order valence-electron chi connectivity index (χ2n) is 11.0. The number of anilines is 2. The van der Waals surface area contributed by atoms with E-state index in [2.05, 4.69) is 103 Å². The largest absolute Gasteiger partial charge is 0.378 e. The lowest BCUT2D eigenvalue weighted by Crippen LogP contribution is -2.28. The smallest absolute Gasteiger partial charge is 0.141 e. The van der Waals surface area contributed by atoms with Crippen molar-refractivity contribution in [1.82, 2.24) is 15.6 Å². The number of aromatic nitrogens is 1. The summed E-state index contributed by atoms with van der Waals surface area (Å²) in [6, 6.07) is 22.0. The fraction of sp³-hybridized carbons (Fsp3) is 0.257. The molecule has 2 aliphatic heterocycles. The Bertz CT molecular complexity index is 1700. The molecule has 4 aromatic rings. The topological polar surface area (TPSA) is 84.8 Å². The van der Waals surface area contributed by atoms with E-state index in [-0.39, 0.29) is 12.2 Å². The fourth-order valence-corrected chi connectivity index (χ4v) is 6.21. The quantitative estimate of drug-likeness (QED) is 0.204. The summed E-state index contributed by atoms with van der Waals surface area (Å²) in [6.45, 7) is 7.32. The van der Waals surface area contributed by atoms with Crippen molar-refractivity contribution in [3.63, 3.8) is 0 Å². The van der Waals surface area contributed by atoms with Gasteiger partial charge in [0.25, 0.3) is 0 Å². The SMILES string of the molecule is CCc1cc(C#N)c2c(c1)NC(c1cccc(-c3cccc(NC4NC=Cc5cc(CNC)cnc54)c3C)c1C)C2. The van der Waals surface area contributed by atoms with Crippen LogP contribution in [0.15, 0.2) is 67.0 Å². The minimum atomic E-state index is -0.122. The zero-order valence-electron chi connectivity index (χ0n) is 24.1. The first-order chi connectivity index (χ1) is 20.0. The van der Waals surface area contributed by atoms with Crippen LogP contribution in [0.5, 0.6) is 0 Å². The molecule has 3 aromatic carbocycles. The van der Waals surface area contributed by atoms with Gasteiger partial charge in [0.1, 0.15) is 6.17 Å². The Kier molecular flexibility index (Phi) is 7.21. The first-order valence-corrected chi connectivity index (χ1v) is 14.3. The van der Waals surface area contributed by atoms with Crippen molar-refractivity contribution in [3.05, 3.63) is 117 Å². The summed E-state index contributed by atoms with van der Waals surface area (Å²) in [5.41, 5.74) is 14.7. The van der Waals surface area contributed by atoms with Crippen LogP contribution in [0, 0.1) is 25.2 Å². The van der Waals surface area contributed by atoms with E-state index in [1.807, 2.05) is 25.5 Å². The molecule has 6 heteroatoms. The number of hydrogen-bond acceptors (Lipinski definition) is 6. The van der Waals surface area contributed by atoms with Crippen LogP contribution in [0.25, 0.3) is 17.2 Å². The Hall–Kier alpha value is -4.60. The molecule has 0 saturated heterocycles. The van der Waals surface area contributed by atoms with E-state index in [4.69, 9.17) is 4.98 Å². The number of pyridine rings is 1. The van der Waals surface area contributed by atoms with Gasteiger partial charge in [0.15, 0.2) is 0 Å². The standard InChI is InChI=1S/C35H36N6/c1-5-23-14-26(18-36)30-17-33(40-32(30)16-23)29-10-6-8-27(21(29)2)28-9-7-11-31(22(28)3)41-35-34-25(12-13-38-35)15-24(19-37-4)20-39-34/h6-16,20,33,35,37-38,40-41H,5,17,19H2,1-4H3. The van der Waals surface area contributed by atoms with Gasteiger partial charge in [-0.2, -0.15) is 5.26 Å². The van der Waals surface area contributed by atoms with Gasteiger partial charge in [-0.05, 0) is 108 Å². The molecule has 41 heavy (non-hydrogen) atoms. The molecular formula is C35H36N6. The molecule has 3 heterocycles. The predicted octanol–water partition coefficient (Wildman–Crippen LogP) is 6.91. The highest BCUT2D eigenvalue weighted by molar-refractivity contribution is 5.77. The van der Waals surface area contributed by atoms with E-state index < -0.39 is 0 Å². The zero-order chi connectivity index (χ0) is 28.5. The second-order valence-corrected chi connectivity index (χ2v) is 11.0. The fourth-order valence-electron chi connectivity index (χ4n) is 6.21. The number of hydrogen-bond donors (Lipinski definition) is 4. The van der Waals surface area contributed by atoms with Gasteiger partial charge in [0.05, 0.1) is 23.4 Å². The maximum atomic E-state index is 9.79. The second kappa shape index (κ2) is 11.1. The van der Waals surface area contributed by atoms with Crippen molar-refractivity contribution < 1.29 is 0 Å². The highest BCUT2D eigenvalue weighted by Crippen LogP contribution is 2.41. The minimum Gasteiger partial charge on any atom is -0.378 e. The average Bonchev–Trinajstić information content (AvgIpc) is 3.42. The van der Waals surface area contributed by atoms with Crippen molar-refractivity contribution in [1.29, 1.82) is 5.26 Å². The predicted molar refractivity (Wildman–Crippen MR) is 167 cm³/mol. The van der Waals surface area contributed by atoms with Gasteiger partial charge in [0.2, 0.25) is 0 Å². The number of nitrogens with one attached hydrogen (secondary N) is 4. The van der Waals surface area contributed by atoms with Crippen LogP contribution in [0.1, 0.15) is 69.3 Å². The third-order valence-corrected chi connectivity index (χ3v) is 8.44. The highest BCUT2D eigenvalue weighted by Gasteiger charge is 2.27. The van der Waals surface area contributed by atoms with Crippen LogP contribution in [0.3, 0.4) is 0 Å². The van der Waals surface area contributed by atoms with Crippen molar-refractivity contribution >= 4 is 17.5 Å². The number of fused-ring (bicyclic) bond motifs is 2. The molecule has 2 unspecified atom stereocenters. The molecule has 0 fully saturated rings. The lowest BCUT2D eigenvalue weighted by Gasteiger charge is -2.26. The molecular weight excluding hydrogens is 504 g/mol. The molecule has 0 aliphatic carbocycles. The minimum absolute atomic E-state index is 0.122. The Morgan fingerprint density at radius 2 is 1.83 bits per heavy atom. The number of nitrogens with zero attached hydrogens (tertiary/aromatic N) is 2. The summed E-state index contributed by atoms with van der Waals surface area (Å²) >= 11 is 0. The van der Waals surface area contributed by atoms with Crippen LogP contribution in [0.4, 0.5) is 11.4 Å². The first-order valence-electron chi connectivity index (χ1n) is 14.3. The van der Waals surface area contributed by atoms with E-state index in [9.17, 15) is 5.26 Å². The van der Waals surface area contributed by atoms with Gasteiger partial charge in [0, 0.05) is 36.1 Å². The molecule has 0 saturated carbocycles. The van der Waals surface area contributed by atoms with Gasteiger partial charge >= 0.3 is 0 Å². The van der Waals surface area contributed by atoms with Crippen LogP contribution >= 0.6 is 0 Å². The summed E-state index contributed by atoms with van der Waals surface area (Å²) in [4.78, 5) is 4.79. The number of rotatable bonds is 7. The Labute approximate surface area is 242 Å². The summed E-state index contributed by atoms with van der Waals surface area (Å²) in [5.74, 6) is 0. The van der Waals surface area contributed by atoms with E-state index in [0.29, 0.717) is 0 Å². The van der Waals surface area contributed by atoms with Gasteiger partial charge in [-0.25, -0.2) is 0 Å². The van der Waals surface area contributed by atoms with Crippen molar-refractivity contribution in [2.75, 3.05) is 17.7 Å². The number of nitriles is 1. The molecule has 0 bridgehead atoms. The third-order valence-electron chi connectivity index (χ3n) is 8.44. The maximum Gasteiger partial charge on any atom is 0.141 e. The van der Waals surface area contributed by atoms with E-state index in [0.717, 1.165) is 53.1 Å². The van der Waals surface area contributed by atoms with Crippen LogP contribution < -0.4 is 21.3 Å². The van der Waals surface area contributed by atoms with Crippen molar-refractivity contribution in [2.24, 2.45) is 0 Å². The van der Waals surface area contributed by atoms with Crippen LogP contribution in [0.2, 0.25) is 0 Å². The molecule has 2 aliphatic rings. The summed E-state index contributed by atoms with van der Waals surface area (Å²) in [5, 5.41) is 23.9. The normalized spacial score (nSPS) is 16.8. The molecule has 2 atom stereocenters. The van der Waals surface area contributed by atoms with E-state index in [1.165, 1.54) is 38.9 Å². The number of aryl methyl sites for hydroxylation is 1. The van der Waals surface area contributed by atoms with Gasteiger partial charge in [-0.3, -0.25) is 4.98 Å². The monoisotopic (exact) mass is 540 g/mol. The molecule has 0 amide bonds. The van der Waals surface area contributed by atoms with Crippen molar-refractivity contribution in [2.45, 2.75) is 52.4 Å². The Morgan fingerprint density at radius 1 is 1.02 bits per heavy atom. The highest BCUT2D eigenvalue weighted by atomic mass is 15.1. The summed E-state index contributed by atoms with van der Waals surface area (Å²) < 4.78 is 0. The van der Waals surface area contributed by atoms with Gasteiger partial charge in [-0.15, -0.1) is 0 Å². The van der Waals surface area contributed by atoms with Gasteiger partial charge < -0.3 is 21.3 Å². The Morgan fingerprint density at radius 3 is 2.61 bits per heavy atom. The molecule has 0 radical (unpaired) electrons. The Balaban J connectivity index is 1.29. The van der Waals surface area contributed by atoms with Crippen LogP contribution in [-0.2, 0) is 19.4 Å². The third kappa shape index (κ3) is 4.94. The lowest BCUT2D eigenvalue weighted by molar-refractivity contribution is 0.667. The molecule has 0 spiro atoms. The molecule has 6 nitrogen and oxygen atoms in total. The average molecular weight is 541 g/mol. The first kappa shape index (κ1) is 26.6. The lowest BCUT2D eigenvalue weighted by atomic mass is 9.89. The summed E-state index contributed by atoms with van der Waals surface area (Å²) in [7, 11) is 1.95. The summed E-state index contributed by atoms with van der Waals surface area (Å²) in [6.07, 6.45) is 7.63. The van der Waals surface area contributed by atoms with Gasteiger partial charge in [-0.1, -0.05) is 37.3 Å². The van der Waals surface area contributed by atoms with Crippen LogP contribution in [-0.4, -0.2) is 12.0 Å². The number of benzene rings is 3. The molecule has 1 aromatic heterocycles. The van der Waals surface area contributed by atoms with Crippen molar-refractivity contribution in [3.8, 4) is 17.2 Å². The maximum absolute atomic E-state index is 9.79. The molecule has 206 valence electrons. The van der Waals surface area contributed by atoms with E-state index >= 15 is 0 Å².